The number of hydrogen-bond acceptors (Lipinski definition) is 6. The molecule has 0 aliphatic rings. The Kier molecular flexibility index (Phi) is 8.26. The van der Waals surface area contributed by atoms with Gasteiger partial charge in [0, 0.05) is 11.3 Å². The molecule has 0 fully saturated rings. The summed E-state index contributed by atoms with van der Waals surface area (Å²) in [6.45, 7) is 9.87. The summed E-state index contributed by atoms with van der Waals surface area (Å²) in [6, 6.07) is 25.7. The lowest BCUT2D eigenvalue weighted by molar-refractivity contribution is 0.0508. The number of aryl methyl sites for hydroxylation is 1. The third-order valence-corrected chi connectivity index (χ3v) is 5.76. The Morgan fingerprint density at radius 2 is 1.61 bits per heavy atom. The minimum Gasteiger partial charge on any atom is -0.483 e. The Morgan fingerprint density at radius 3 is 2.26 bits per heavy atom. The van der Waals surface area contributed by atoms with Gasteiger partial charge in [-0.2, -0.15) is 0 Å². The fraction of sp³-hybridized carbons (Fsp3) is 0.258. The molecule has 0 spiro atoms. The average Bonchev–Trinajstić information content (AvgIpc) is 2.88. The second-order valence-corrected chi connectivity index (χ2v) is 10.2. The predicted molar refractivity (Wildman–Crippen MR) is 150 cm³/mol. The van der Waals surface area contributed by atoms with E-state index in [1.165, 1.54) is 11.9 Å². The molecule has 0 aliphatic heterocycles. The van der Waals surface area contributed by atoms with Crippen molar-refractivity contribution in [3.8, 4) is 17.0 Å². The normalized spacial score (nSPS) is 11.9. The van der Waals surface area contributed by atoms with Gasteiger partial charge in [-0.05, 0) is 57.9 Å². The van der Waals surface area contributed by atoms with Gasteiger partial charge < -0.3 is 20.1 Å². The van der Waals surface area contributed by atoms with Crippen LogP contribution in [0.4, 0.5) is 16.3 Å². The van der Waals surface area contributed by atoms with Crippen molar-refractivity contribution in [2.45, 2.75) is 52.9 Å². The van der Waals surface area contributed by atoms with Crippen molar-refractivity contribution in [3.05, 3.63) is 102 Å². The summed E-state index contributed by atoms with van der Waals surface area (Å²) < 4.78 is 11.7. The Hall–Kier alpha value is -4.39. The molecule has 0 aliphatic carbocycles. The van der Waals surface area contributed by atoms with Crippen LogP contribution < -0.4 is 15.4 Å². The first-order valence-corrected chi connectivity index (χ1v) is 12.6. The molecule has 3 aromatic carbocycles. The quantitative estimate of drug-likeness (QED) is 0.258. The molecular weight excluding hydrogens is 476 g/mol. The molecule has 7 nitrogen and oxygen atoms in total. The maximum Gasteiger partial charge on any atom is 0.408 e. The van der Waals surface area contributed by atoms with Crippen LogP contribution in [0.2, 0.25) is 0 Å². The van der Waals surface area contributed by atoms with Crippen LogP contribution in [-0.4, -0.2) is 21.7 Å². The van der Waals surface area contributed by atoms with Crippen LogP contribution >= 0.6 is 0 Å². The van der Waals surface area contributed by atoms with Gasteiger partial charge in [0.1, 0.15) is 24.2 Å². The van der Waals surface area contributed by atoms with E-state index in [1.54, 1.807) is 0 Å². The van der Waals surface area contributed by atoms with E-state index in [2.05, 4.69) is 39.7 Å². The highest BCUT2D eigenvalue weighted by atomic mass is 16.6. The number of ether oxygens (including phenoxy) is 2. The number of carbonyl (C=O) groups is 1. The number of alkyl carbamates (subject to hydrolysis) is 1. The van der Waals surface area contributed by atoms with Gasteiger partial charge in [0.2, 0.25) is 0 Å². The predicted octanol–water partition coefficient (Wildman–Crippen LogP) is 7.36. The molecule has 1 aromatic heterocycles. The second kappa shape index (κ2) is 11.8. The first-order valence-electron chi connectivity index (χ1n) is 12.6. The van der Waals surface area contributed by atoms with Crippen LogP contribution in [0.1, 0.15) is 50.4 Å². The number of nitrogens with one attached hydrogen (secondary N) is 2. The first-order chi connectivity index (χ1) is 18.2. The van der Waals surface area contributed by atoms with Gasteiger partial charge in [0.05, 0.1) is 6.04 Å². The fourth-order valence-electron chi connectivity index (χ4n) is 3.81. The number of aromatic nitrogens is 2. The standard InChI is InChI=1S/C31H34N4O3/c1-21-11-13-25(14-12-21)27-28(37-19-23-9-7-6-8-10-23)29(33-20-32-27)35-26-17-15-24(16-18-26)22(2)34-30(36)38-31(3,4)5/h6-18,20,22H,19H2,1-5H3,(H,34,36)(H,32,33,35)/t22-/m0/s1. The smallest absolute Gasteiger partial charge is 0.408 e. The molecule has 38 heavy (non-hydrogen) atoms. The third kappa shape index (κ3) is 7.32. The maximum atomic E-state index is 12.1. The summed E-state index contributed by atoms with van der Waals surface area (Å²) in [5.41, 5.74) is 5.11. The molecule has 0 saturated heterocycles. The van der Waals surface area contributed by atoms with Gasteiger partial charge in [-0.25, -0.2) is 14.8 Å². The van der Waals surface area contributed by atoms with Crippen molar-refractivity contribution in [1.29, 1.82) is 0 Å². The van der Waals surface area contributed by atoms with Gasteiger partial charge >= 0.3 is 6.09 Å². The fourth-order valence-corrected chi connectivity index (χ4v) is 3.81. The highest BCUT2D eigenvalue weighted by Gasteiger charge is 2.19. The van der Waals surface area contributed by atoms with Gasteiger partial charge in [-0.1, -0.05) is 72.3 Å². The van der Waals surface area contributed by atoms with Crippen LogP contribution in [0, 0.1) is 6.92 Å². The molecule has 0 saturated carbocycles. The van der Waals surface area contributed by atoms with Crippen molar-refractivity contribution in [2.24, 2.45) is 0 Å². The van der Waals surface area contributed by atoms with Crippen molar-refractivity contribution < 1.29 is 14.3 Å². The Morgan fingerprint density at radius 1 is 0.921 bits per heavy atom. The van der Waals surface area contributed by atoms with E-state index in [0.29, 0.717) is 23.9 Å². The summed E-state index contributed by atoms with van der Waals surface area (Å²) in [4.78, 5) is 21.2. The average molecular weight is 511 g/mol. The van der Waals surface area contributed by atoms with Crippen molar-refractivity contribution in [2.75, 3.05) is 5.32 Å². The zero-order valence-corrected chi connectivity index (χ0v) is 22.5. The molecule has 4 aromatic rings. The second-order valence-electron chi connectivity index (χ2n) is 10.2. The first kappa shape index (κ1) is 26.7. The summed E-state index contributed by atoms with van der Waals surface area (Å²) in [7, 11) is 0. The third-order valence-electron chi connectivity index (χ3n) is 5.76. The number of hydrogen-bond donors (Lipinski definition) is 2. The van der Waals surface area contributed by atoms with Gasteiger partial charge in [-0.15, -0.1) is 0 Å². The van der Waals surface area contributed by atoms with Gasteiger partial charge in [-0.3, -0.25) is 0 Å². The summed E-state index contributed by atoms with van der Waals surface area (Å²) in [6.07, 6.45) is 1.09. The Bertz CT molecular complexity index is 1350. The number of nitrogens with zero attached hydrogens (tertiary/aromatic N) is 2. The van der Waals surface area contributed by atoms with Gasteiger partial charge in [0.15, 0.2) is 11.6 Å². The molecule has 196 valence electrons. The van der Waals surface area contributed by atoms with Crippen molar-refractivity contribution in [3.63, 3.8) is 0 Å². The monoisotopic (exact) mass is 510 g/mol. The minimum absolute atomic E-state index is 0.212. The highest BCUT2D eigenvalue weighted by molar-refractivity contribution is 5.75. The molecule has 1 heterocycles. The lowest BCUT2D eigenvalue weighted by atomic mass is 10.1. The summed E-state index contributed by atoms with van der Waals surface area (Å²) in [5, 5.41) is 6.25. The van der Waals surface area contributed by atoms with E-state index in [1.807, 2.05) is 94.4 Å². The van der Waals surface area contributed by atoms with Crippen molar-refractivity contribution in [1.82, 2.24) is 15.3 Å². The topological polar surface area (TPSA) is 85.4 Å². The molecule has 0 radical (unpaired) electrons. The molecule has 0 unspecified atom stereocenters. The molecule has 1 amide bonds. The van der Waals surface area contributed by atoms with E-state index in [0.717, 1.165) is 22.4 Å². The molecule has 1 atom stereocenters. The summed E-state index contributed by atoms with van der Waals surface area (Å²) >= 11 is 0. The lowest BCUT2D eigenvalue weighted by Crippen LogP contribution is -2.34. The van der Waals surface area contributed by atoms with Crippen LogP contribution in [0.3, 0.4) is 0 Å². The van der Waals surface area contributed by atoms with E-state index >= 15 is 0 Å². The SMILES string of the molecule is Cc1ccc(-c2ncnc(Nc3ccc([C@H](C)NC(=O)OC(C)(C)C)cc3)c2OCc2ccccc2)cc1. The molecule has 7 heteroatoms. The minimum atomic E-state index is -0.549. The summed E-state index contributed by atoms with van der Waals surface area (Å²) in [5.74, 6) is 1.14. The number of carbonyl (C=O) groups excluding carboxylic acids is 1. The van der Waals surface area contributed by atoms with Crippen LogP contribution in [0.15, 0.2) is 85.2 Å². The highest BCUT2D eigenvalue weighted by Crippen LogP contribution is 2.35. The zero-order chi connectivity index (χ0) is 27.1. The maximum absolute atomic E-state index is 12.1. The number of benzene rings is 3. The molecular formula is C31H34N4O3. The number of anilines is 2. The van der Waals surface area contributed by atoms with Crippen molar-refractivity contribution >= 4 is 17.6 Å². The Balaban J connectivity index is 1.55. The van der Waals surface area contributed by atoms with E-state index < -0.39 is 11.7 Å². The molecule has 4 rings (SSSR count). The Labute approximate surface area is 224 Å². The van der Waals surface area contributed by atoms with Gasteiger partial charge in [0.25, 0.3) is 0 Å². The van der Waals surface area contributed by atoms with Crippen LogP contribution in [-0.2, 0) is 11.3 Å². The zero-order valence-electron chi connectivity index (χ0n) is 22.5. The number of amides is 1. The lowest BCUT2D eigenvalue weighted by Gasteiger charge is -2.22. The van der Waals surface area contributed by atoms with Crippen LogP contribution in [0.25, 0.3) is 11.3 Å². The van der Waals surface area contributed by atoms with E-state index in [-0.39, 0.29) is 6.04 Å². The number of rotatable bonds is 8. The largest absolute Gasteiger partial charge is 0.483 e. The molecule has 2 N–H and O–H groups in total. The van der Waals surface area contributed by atoms with Crippen LogP contribution in [0.5, 0.6) is 5.75 Å². The van der Waals surface area contributed by atoms with E-state index in [4.69, 9.17) is 9.47 Å². The molecule has 0 bridgehead atoms. The van der Waals surface area contributed by atoms with E-state index in [9.17, 15) is 4.79 Å².